The highest BCUT2D eigenvalue weighted by molar-refractivity contribution is 5.47. The molecule has 0 saturated heterocycles. The molecule has 1 aromatic carbocycles. The van der Waals surface area contributed by atoms with Gasteiger partial charge < -0.3 is 4.90 Å². The van der Waals surface area contributed by atoms with Crippen molar-refractivity contribution in [3.05, 3.63) is 34.4 Å². The third kappa shape index (κ3) is 2.41. The van der Waals surface area contributed by atoms with Crippen LogP contribution in [-0.2, 0) is 18.4 Å². The summed E-state index contributed by atoms with van der Waals surface area (Å²) in [7, 11) is 2.27. The third-order valence-electron chi connectivity index (χ3n) is 5.07. The summed E-state index contributed by atoms with van der Waals surface area (Å²) in [6.07, 6.45) is 2.59. The largest absolute Gasteiger partial charge is 0.301 e. The minimum absolute atomic E-state index is 0.249. The van der Waals surface area contributed by atoms with Crippen LogP contribution in [0.3, 0.4) is 0 Å². The SMILES string of the molecule is CN1Cc2cc(C(C)(C)C)cc3c2C(C1)CC(C)(C)C3. The lowest BCUT2D eigenvalue weighted by Gasteiger charge is -2.44. The van der Waals surface area contributed by atoms with E-state index < -0.39 is 0 Å². The first-order valence-electron chi connectivity index (χ1n) is 8.00. The maximum Gasteiger partial charge on any atom is 0.0233 e. The second-order valence-electron chi connectivity index (χ2n) is 8.90. The zero-order valence-electron chi connectivity index (χ0n) is 14.0. The fourth-order valence-electron chi connectivity index (χ4n) is 4.26. The lowest BCUT2D eigenvalue weighted by molar-refractivity contribution is 0.206. The van der Waals surface area contributed by atoms with E-state index in [1.54, 1.807) is 16.7 Å². The summed E-state index contributed by atoms with van der Waals surface area (Å²) in [6.45, 7) is 14.2. The van der Waals surface area contributed by atoms with Crippen molar-refractivity contribution in [1.82, 2.24) is 4.90 Å². The fraction of sp³-hybridized carbons (Fsp3) is 0.684. The van der Waals surface area contributed by atoms with Crippen molar-refractivity contribution < 1.29 is 0 Å². The molecule has 0 spiro atoms. The van der Waals surface area contributed by atoms with Crippen LogP contribution in [0.1, 0.15) is 69.2 Å². The Hall–Kier alpha value is -0.820. The number of nitrogens with zero attached hydrogens (tertiary/aromatic N) is 1. The van der Waals surface area contributed by atoms with E-state index in [1.165, 1.54) is 24.9 Å². The van der Waals surface area contributed by atoms with E-state index in [-0.39, 0.29) is 5.41 Å². The van der Waals surface area contributed by atoms with Crippen molar-refractivity contribution in [3.63, 3.8) is 0 Å². The smallest absolute Gasteiger partial charge is 0.0233 e. The van der Waals surface area contributed by atoms with Crippen LogP contribution in [0.5, 0.6) is 0 Å². The summed E-state index contributed by atoms with van der Waals surface area (Å²) in [4.78, 5) is 2.50. The van der Waals surface area contributed by atoms with Crippen LogP contribution >= 0.6 is 0 Å². The molecule has 1 aromatic rings. The van der Waals surface area contributed by atoms with Gasteiger partial charge in [0.2, 0.25) is 0 Å². The van der Waals surface area contributed by atoms with Crippen molar-refractivity contribution in [3.8, 4) is 0 Å². The topological polar surface area (TPSA) is 3.24 Å². The van der Waals surface area contributed by atoms with Gasteiger partial charge in [-0.3, -0.25) is 0 Å². The molecule has 0 aromatic heterocycles. The van der Waals surface area contributed by atoms with Gasteiger partial charge in [-0.15, -0.1) is 0 Å². The molecule has 20 heavy (non-hydrogen) atoms. The highest BCUT2D eigenvalue weighted by Gasteiger charge is 2.37. The van der Waals surface area contributed by atoms with Gasteiger partial charge in [0, 0.05) is 13.1 Å². The molecular formula is C19H29N. The Balaban J connectivity index is 2.17. The Morgan fingerprint density at radius 1 is 1.15 bits per heavy atom. The van der Waals surface area contributed by atoms with Crippen LogP contribution in [0.2, 0.25) is 0 Å². The van der Waals surface area contributed by atoms with Crippen molar-refractivity contribution in [2.75, 3.05) is 13.6 Å². The maximum atomic E-state index is 2.51. The number of hydrogen-bond acceptors (Lipinski definition) is 1. The van der Waals surface area contributed by atoms with E-state index in [9.17, 15) is 0 Å². The van der Waals surface area contributed by atoms with Crippen molar-refractivity contribution in [1.29, 1.82) is 0 Å². The molecule has 1 aliphatic heterocycles. The van der Waals surface area contributed by atoms with E-state index in [1.807, 2.05) is 0 Å². The molecular weight excluding hydrogens is 242 g/mol. The minimum atomic E-state index is 0.249. The Bertz CT molecular complexity index is 533. The number of benzene rings is 1. The van der Waals surface area contributed by atoms with Crippen molar-refractivity contribution >= 4 is 0 Å². The second kappa shape index (κ2) is 4.34. The van der Waals surface area contributed by atoms with Crippen molar-refractivity contribution in [2.45, 2.75) is 65.3 Å². The lowest BCUT2D eigenvalue weighted by atomic mass is 9.65. The van der Waals surface area contributed by atoms with E-state index in [4.69, 9.17) is 0 Å². The van der Waals surface area contributed by atoms with Crippen LogP contribution in [0.4, 0.5) is 0 Å². The van der Waals surface area contributed by atoms with Gasteiger partial charge >= 0.3 is 0 Å². The molecule has 0 saturated carbocycles. The molecule has 1 aliphatic carbocycles. The first-order chi connectivity index (χ1) is 9.16. The second-order valence-corrected chi connectivity index (χ2v) is 8.90. The van der Waals surface area contributed by atoms with E-state index in [2.05, 4.69) is 58.7 Å². The van der Waals surface area contributed by atoms with Gasteiger partial charge in [0.1, 0.15) is 0 Å². The van der Waals surface area contributed by atoms with Crippen LogP contribution < -0.4 is 0 Å². The van der Waals surface area contributed by atoms with Crippen LogP contribution in [0.15, 0.2) is 12.1 Å². The van der Waals surface area contributed by atoms with Gasteiger partial charge in [0.25, 0.3) is 0 Å². The summed E-state index contributed by atoms with van der Waals surface area (Å²) in [5.74, 6) is 0.747. The Kier molecular flexibility index (Phi) is 3.06. The lowest BCUT2D eigenvalue weighted by Crippen LogP contribution is -2.38. The first kappa shape index (κ1) is 14.1. The molecule has 1 atom stereocenters. The fourth-order valence-corrected chi connectivity index (χ4v) is 4.26. The zero-order chi connectivity index (χ0) is 14.7. The predicted molar refractivity (Wildman–Crippen MR) is 86.3 cm³/mol. The molecule has 2 aliphatic rings. The minimum Gasteiger partial charge on any atom is -0.301 e. The van der Waals surface area contributed by atoms with E-state index >= 15 is 0 Å². The Labute approximate surface area is 124 Å². The van der Waals surface area contributed by atoms with Crippen LogP contribution in [-0.4, -0.2) is 18.5 Å². The molecule has 110 valence electrons. The quantitative estimate of drug-likeness (QED) is 0.672. The van der Waals surface area contributed by atoms with Crippen LogP contribution in [0.25, 0.3) is 0 Å². The molecule has 0 N–H and O–H groups in total. The number of rotatable bonds is 0. The molecule has 1 heteroatoms. The predicted octanol–water partition coefficient (Wildman–Crippen LogP) is 4.49. The molecule has 1 unspecified atom stereocenters. The highest BCUT2D eigenvalue weighted by Crippen LogP contribution is 2.46. The summed E-state index contributed by atoms with van der Waals surface area (Å²) in [5, 5.41) is 0. The average molecular weight is 271 g/mol. The van der Waals surface area contributed by atoms with Crippen LogP contribution in [0, 0.1) is 5.41 Å². The van der Waals surface area contributed by atoms with Gasteiger partial charge in [-0.05, 0) is 58.9 Å². The average Bonchev–Trinajstić information content (AvgIpc) is 2.23. The first-order valence-corrected chi connectivity index (χ1v) is 8.00. The Morgan fingerprint density at radius 2 is 1.80 bits per heavy atom. The molecule has 0 fully saturated rings. The van der Waals surface area contributed by atoms with E-state index in [0.29, 0.717) is 5.41 Å². The summed E-state index contributed by atoms with van der Waals surface area (Å²) >= 11 is 0. The number of hydrogen-bond donors (Lipinski definition) is 0. The molecule has 3 rings (SSSR count). The molecule has 0 radical (unpaired) electrons. The highest BCUT2D eigenvalue weighted by atomic mass is 15.1. The molecule has 0 amide bonds. The summed E-state index contributed by atoms with van der Waals surface area (Å²) < 4.78 is 0. The van der Waals surface area contributed by atoms with Gasteiger partial charge in [-0.25, -0.2) is 0 Å². The standard InChI is InChI=1S/C19H29N/c1-18(2,3)16-7-13-9-19(4,5)10-15-12-20(6)11-14(8-16)17(13)15/h7-8,15H,9-12H2,1-6H3. The molecule has 1 heterocycles. The maximum absolute atomic E-state index is 2.51. The van der Waals surface area contributed by atoms with Gasteiger partial charge in [-0.1, -0.05) is 46.8 Å². The monoisotopic (exact) mass is 271 g/mol. The zero-order valence-corrected chi connectivity index (χ0v) is 14.0. The number of likely N-dealkylation sites (N-methyl/N-ethyl adjacent to an activating group) is 1. The summed E-state index contributed by atoms with van der Waals surface area (Å²) in [5.41, 5.74) is 7.15. The van der Waals surface area contributed by atoms with Gasteiger partial charge in [0.05, 0.1) is 0 Å². The molecule has 0 bridgehead atoms. The molecule has 1 nitrogen and oxygen atoms in total. The summed E-state index contributed by atoms with van der Waals surface area (Å²) in [6, 6.07) is 5.00. The Morgan fingerprint density at radius 3 is 2.45 bits per heavy atom. The van der Waals surface area contributed by atoms with E-state index in [0.717, 1.165) is 12.5 Å². The van der Waals surface area contributed by atoms with Gasteiger partial charge in [-0.2, -0.15) is 0 Å². The van der Waals surface area contributed by atoms with Gasteiger partial charge in [0.15, 0.2) is 0 Å². The normalized spacial score (nSPS) is 25.4. The third-order valence-corrected chi connectivity index (χ3v) is 5.07. The van der Waals surface area contributed by atoms with Crippen molar-refractivity contribution in [2.24, 2.45) is 5.41 Å².